The first-order chi connectivity index (χ1) is 7.34. The summed E-state index contributed by atoms with van der Waals surface area (Å²) in [6.45, 7) is 1.03. The van der Waals surface area contributed by atoms with E-state index in [1.165, 1.54) is 5.75 Å². The molecule has 82 valence electrons. The van der Waals surface area contributed by atoms with Gasteiger partial charge in [-0.05, 0) is 0 Å². The quantitative estimate of drug-likeness (QED) is 0.865. The highest BCUT2D eigenvalue weighted by Gasteiger charge is 2.16. The molecule has 1 unspecified atom stereocenters. The number of rotatable bonds is 4. The Morgan fingerprint density at radius 2 is 2.60 bits per heavy atom. The van der Waals surface area contributed by atoms with Crippen LogP contribution in [0.25, 0.3) is 0 Å². The number of thiazole rings is 1. The van der Waals surface area contributed by atoms with Gasteiger partial charge in [-0.25, -0.2) is 0 Å². The minimum Gasteiger partial charge on any atom is -0.312 e. The second kappa shape index (κ2) is 5.63. The van der Waals surface area contributed by atoms with Crippen LogP contribution in [0.15, 0.2) is 11.7 Å². The lowest BCUT2D eigenvalue weighted by Gasteiger charge is -2.22. The maximum absolute atomic E-state index is 11.7. The summed E-state index contributed by atoms with van der Waals surface area (Å²) in [5, 5.41) is 3.38. The Kier molecular flexibility index (Phi) is 4.17. The third-order valence-corrected chi connectivity index (χ3v) is 4.24. The van der Waals surface area contributed by atoms with E-state index in [2.05, 4.69) is 10.3 Å². The largest absolute Gasteiger partial charge is 0.312 e. The molecule has 1 aromatic heterocycles. The molecule has 0 aromatic carbocycles. The number of aromatic nitrogens is 1. The number of nitrogens with one attached hydrogen (secondary N) is 1. The van der Waals surface area contributed by atoms with Gasteiger partial charge in [-0.15, -0.1) is 11.3 Å². The van der Waals surface area contributed by atoms with Crippen molar-refractivity contribution in [3.05, 3.63) is 16.6 Å². The van der Waals surface area contributed by atoms with Gasteiger partial charge in [-0.2, -0.15) is 11.8 Å². The summed E-state index contributed by atoms with van der Waals surface area (Å²) in [5.41, 5.74) is 1.78. The van der Waals surface area contributed by atoms with Crippen molar-refractivity contribution in [3.8, 4) is 0 Å². The fraction of sp³-hybridized carbons (Fsp3) is 0.600. The SMILES string of the molecule is O=C(Cc1cncs1)CC1CSCCN1. The average molecular weight is 242 g/mol. The van der Waals surface area contributed by atoms with Crippen molar-refractivity contribution in [1.29, 1.82) is 0 Å². The zero-order chi connectivity index (χ0) is 10.5. The lowest BCUT2D eigenvalue weighted by molar-refractivity contribution is -0.118. The van der Waals surface area contributed by atoms with E-state index in [1.54, 1.807) is 23.0 Å². The highest BCUT2D eigenvalue weighted by Crippen LogP contribution is 2.13. The molecule has 1 fully saturated rings. The maximum atomic E-state index is 11.7. The molecule has 15 heavy (non-hydrogen) atoms. The summed E-state index contributed by atoms with van der Waals surface area (Å²) in [7, 11) is 0. The predicted molar refractivity (Wildman–Crippen MR) is 64.6 cm³/mol. The smallest absolute Gasteiger partial charge is 0.139 e. The number of carbonyl (C=O) groups excluding carboxylic acids is 1. The van der Waals surface area contributed by atoms with E-state index in [9.17, 15) is 4.79 Å². The number of thioether (sulfide) groups is 1. The minimum absolute atomic E-state index is 0.319. The van der Waals surface area contributed by atoms with Crippen molar-refractivity contribution in [2.24, 2.45) is 0 Å². The van der Waals surface area contributed by atoms with Gasteiger partial charge in [0.25, 0.3) is 0 Å². The first-order valence-corrected chi connectivity index (χ1v) is 7.08. The lowest BCUT2D eigenvalue weighted by Crippen LogP contribution is -2.39. The Morgan fingerprint density at radius 1 is 1.67 bits per heavy atom. The Bertz CT molecular complexity index is 307. The standard InChI is InChI=1S/C10H14N2OS2/c13-9(4-10-5-11-7-15-10)3-8-6-14-2-1-12-8/h5,7-8,12H,1-4,6H2. The fourth-order valence-corrected chi connectivity index (χ4v) is 3.19. The van der Waals surface area contributed by atoms with Crippen LogP contribution in [-0.4, -0.2) is 34.9 Å². The highest BCUT2D eigenvalue weighted by atomic mass is 32.2. The minimum atomic E-state index is 0.319. The number of nitrogens with zero attached hydrogens (tertiary/aromatic N) is 1. The van der Waals surface area contributed by atoms with E-state index in [4.69, 9.17) is 0 Å². The number of ketones is 1. The van der Waals surface area contributed by atoms with Crippen molar-refractivity contribution in [1.82, 2.24) is 10.3 Å². The van der Waals surface area contributed by atoms with Gasteiger partial charge in [0.05, 0.1) is 5.51 Å². The fourth-order valence-electron chi connectivity index (χ4n) is 1.62. The first kappa shape index (κ1) is 11.1. The second-order valence-electron chi connectivity index (χ2n) is 3.61. The molecule has 2 heterocycles. The van der Waals surface area contributed by atoms with Gasteiger partial charge in [0.1, 0.15) is 5.78 Å². The Balaban J connectivity index is 1.76. The van der Waals surface area contributed by atoms with Gasteiger partial charge >= 0.3 is 0 Å². The summed E-state index contributed by atoms with van der Waals surface area (Å²) < 4.78 is 0. The molecule has 1 atom stereocenters. The summed E-state index contributed by atoms with van der Waals surface area (Å²) in [6.07, 6.45) is 2.99. The van der Waals surface area contributed by atoms with Crippen molar-refractivity contribution >= 4 is 28.9 Å². The molecule has 0 bridgehead atoms. The van der Waals surface area contributed by atoms with Crippen LogP contribution in [0.3, 0.4) is 0 Å². The normalized spacial score (nSPS) is 21.5. The van der Waals surface area contributed by atoms with E-state index in [1.807, 2.05) is 11.8 Å². The molecule has 0 radical (unpaired) electrons. The Morgan fingerprint density at radius 3 is 3.27 bits per heavy atom. The van der Waals surface area contributed by atoms with Gasteiger partial charge in [0.15, 0.2) is 0 Å². The third kappa shape index (κ3) is 3.59. The van der Waals surface area contributed by atoms with Gasteiger partial charge in [0.2, 0.25) is 0 Å². The van der Waals surface area contributed by atoms with Crippen LogP contribution in [0.4, 0.5) is 0 Å². The average Bonchev–Trinajstić information content (AvgIpc) is 2.71. The van der Waals surface area contributed by atoms with E-state index >= 15 is 0 Å². The zero-order valence-corrected chi connectivity index (χ0v) is 10.1. The monoisotopic (exact) mass is 242 g/mol. The van der Waals surface area contributed by atoms with Crippen molar-refractivity contribution < 1.29 is 4.79 Å². The van der Waals surface area contributed by atoms with Crippen molar-refractivity contribution in [2.45, 2.75) is 18.9 Å². The third-order valence-electron chi connectivity index (χ3n) is 2.33. The van der Waals surface area contributed by atoms with Crippen LogP contribution < -0.4 is 5.32 Å². The molecular formula is C10H14N2OS2. The molecule has 0 spiro atoms. The molecule has 1 saturated heterocycles. The molecule has 2 rings (SSSR count). The topological polar surface area (TPSA) is 42.0 Å². The lowest BCUT2D eigenvalue weighted by atomic mass is 10.1. The van der Waals surface area contributed by atoms with Gasteiger partial charge < -0.3 is 5.32 Å². The Labute approximate surface area is 97.7 Å². The van der Waals surface area contributed by atoms with Crippen LogP contribution in [-0.2, 0) is 11.2 Å². The first-order valence-electron chi connectivity index (χ1n) is 5.05. The number of carbonyl (C=O) groups is 1. The van der Waals surface area contributed by atoms with E-state index in [0.717, 1.165) is 17.2 Å². The molecule has 1 N–H and O–H groups in total. The van der Waals surface area contributed by atoms with Crippen LogP contribution in [0.2, 0.25) is 0 Å². The number of hydrogen-bond donors (Lipinski definition) is 1. The van der Waals surface area contributed by atoms with Gasteiger partial charge in [-0.1, -0.05) is 0 Å². The molecule has 5 heteroatoms. The molecule has 1 aromatic rings. The molecular weight excluding hydrogens is 228 g/mol. The summed E-state index contributed by atoms with van der Waals surface area (Å²) in [4.78, 5) is 16.7. The van der Waals surface area contributed by atoms with Crippen molar-refractivity contribution in [2.75, 3.05) is 18.1 Å². The summed E-state index contributed by atoms with van der Waals surface area (Å²) in [6, 6.07) is 0.379. The molecule has 0 aliphatic carbocycles. The number of hydrogen-bond acceptors (Lipinski definition) is 5. The van der Waals surface area contributed by atoms with Crippen LogP contribution >= 0.6 is 23.1 Å². The van der Waals surface area contributed by atoms with Crippen LogP contribution in [0.5, 0.6) is 0 Å². The maximum Gasteiger partial charge on any atom is 0.139 e. The zero-order valence-electron chi connectivity index (χ0n) is 8.44. The highest BCUT2D eigenvalue weighted by molar-refractivity contribution is 7.99. The summed E-state index contributed by atoms with van der Waals surface area (Å²) in [5.74, 6) is 2.55. The second-order valence-corrected chi connectivity index (χ2v) is 5.73. The van der Waals surface area contributed by atoms with Gasteiger partial charge in [0, 0.05) is 48.0 Å². The van der Waals surface area contributed by atoms with Crippen LogP contribution in [0, 0.1) is 0 Å². The predicted octanol–water partition coefficient (Wildman–Crippen LogP) is 1.35. The molecule has 0 saturated carbocycles. The molecule has 3 nitrogen and oxygen atoms in total. The van der Waals surface area contributed by atoms with Crippen LogP contribution in [0.1, 0.15) is 11.3 Å². The molecule has 1 aliphatic heterocycles. The summed E-state index contributed by atoms with van der Waals surface area (Å²) >= 11 is 3.48. The van der Waals surface area contributed by atoms with E-state index < -0.39 is 0 Å². The molecule has 1 aliphatic rings. The van der Waals surface area contributed by atoms with E-state index in [0.29, 0.717) is 24.7 Å². The number of Topliss-reactive ketones (excluding diaryl/α,β-unsaturated/α-hetero) is 1. The van der Waals surface area contributed by atoms with Crippen molar-refractivity contribution in [3.63, 3.8) is 0 Å². The van der Waals surface area contributed by atoms with E-state index in [-0.39, 0.29) is 0 Å². The Hall–Kier alpha value is -0.390. The van der Waals surface area contributed by atoms with Gasteiger partial charge in [-0.3, -0.25) is 9.78 Å². The molecule has 0 amide bonds.